The van der Waals surface area contributed by atoms with Crippen molar-refractivity contribution >= 4 is 17.0 Å². The summed E-state index contributed by atoms with van der Waals surface area (Å²) in [4.78, 5) is 11.0. The Morgan fingerprint density at radius 3 is 2.50 bits per heavy atom. The molecule has 0 aliphatic heterocycles. The van der Waals surface area contributed by atoms with Gasteiger partial charge in [0, 0.05) is 6.04 Å². The van der Waals surface area contributed by atoms with Crippen molar-refractivity contribution in [1.82, 2.24) is 5.32 Å². The Balaban J connectivity index is 2.21. The van der Waals surface area contributed by atoms with Gasteiger partial charge >= 0.3 is 0 Å². The maximum atomic E-state index is 11.0. The number of rotatable bonds is 1. The fourth-order valence-electron chi connectivity index (χ4n) is 1.45. The van der Waals surface area contributed by atoms with Gasteiger partial charge in [0.1, 0.15) is 0 Å². The van der Waals surface area contributed by atoms with Crippen molar-refractivity contribution in [1.29, 1.82) is 0 Å². The minimum Gasteiger partial charge on any atom is -0.393 e. The van der Waals surface area contributed by atoms with Crippen molar-refractivity contribution in [2.24, 2.45) is 0 Å². The summed E-state index contributed by atoms with van der Waals surface area (Å²) < 4.78 is 0. The molecule has 0 radical (unpaired) electrons. The predicted molar refractivity (Wildman–Crippen MR) is 50.3 cm³/mol. The predicted octanol–water partition coefficient (Wildman–Crippen LogP) is 1.36. The number of carbonyl (C=O) groups is 1. The number of amides is 1. The Bertz CT molecular complexity index is 155. The first-order chi connectivity index (χ1) is 5.72. The SMILES string of the molecule is CSC(=O)NC1CCC(O)CC1. The zero-order chi connectivity index (χ0) is 8.97. The van der Waals surface area contributed by atoms with Gasteiger partial charge in [-0.3, -0.25) is 4.79 Å². The molecule has 0 spiro atoms. The molecule has 0 atom stereocenters. The van der Waals surface area contributed by atoms with E-state index in [2.05, 4.69) is 5.32 Å². The first-order valence-electron chi connectivity index (χ1n) is 4.25. The molecule has 12 heavy (non-hydrogen) atoms. The van der Waals surface area contributed by atoms with Crippen LogP contribution in [0.15, 0.2) is 0 Å². The van der Waals surface area contributed by atoms with E-state index in [9.17, 15) is 9.90 Å². The van der Waals surface area contributed by atoms with Crippen LogP contribution in [-0.4, -0.2) is 28.7 Å². The highest BCUT2D eigenvalue weighted by molar-refractivity contribution is 8.12. The van der Waals surface area contributed by atoms with Crippen LogP contribution in [0.3, 0.4) is 0 Å². The van der Waals surface area contributed by atoms with Crippen molar-refractivity contribution in [3.63, 3.8) is 0 Å². The molecule has 70 valence electrons. The summed E-state index contributed by atoms with van der Waals surface area (Å²) >= 11 is 1.21. The van der Waals surface area contributed by atoms with Crippen LogP contribution in [-0.2, 0) is 0 Å². The second kappa shape index (κ2) is 4.72. The van der Waals surface area contributed by atoms with E-state index >= 15 is 0 Å². The van der Waals surface area contributed by atoms with Gasteiger partial charge in [0.15, 0.2) is 0 Å². The Morgan fingerprint density at radius 1 is 1.42 bits per heavy atom. The molecule has 1 saturated carbocycles. The molecule has 1 amide bonds. The molecule has 2 N–H and O–H groups in total. The summed E-state index contributed by atoms with van der Waals surface area (Å²) in [5.41, 5.74) is 0. The van der Waals surface area contributed by atoms with Crippen LogP contribution in [0.25, 0.3) is 0 Å². The second-order valence-electron chi connectivity index (χ2n) is 3.14. The van der Waals surface area contributed by atoms with Gasteiger partial charge in [0.05, 0.1) is 6.10 Å². The van der Waals surface area contributed by atoms with Crippen molar-refractivity contribution in [2.45, 2.75) is 37.8 Å². The van der Waals surface area contributed by atoms with Crippen molar-refractivity contribution in [2.75, 3.05) is 6.26 Å². The molecule has 0 heterocycles. The fraction of sp³-hybridized carbons (Fsp3) is 0.875. The van der Waals surface area contributed by atoms with Crippen LogP contribution < -0.4 is 5.32 Å². The van der Waals surface area contributed by atoms with E-state index in [0.29, 0.717) is 0 Å². The minimum absolute atomic E-state index is 0.0383. The number of carbonyl (C=O) groups excluding carboxylic acids is 1. The van der Waals surface area contributed by atoms with Crippen molar-refractivity contribution < 1.29 is 9.90 Å². The van der Waals surface area contributed by atoms with E-state index in [1.165, 1.54) is 11.8 Å². The van der Waals surface area contributed by atoms with E-state index in [-0.39, 0.29) is 17.4 Å². The van der Waals surface area contributed by atoms with Gasteiger partial charge in [-0.25, -0.2) is 0 Å². The molecule has 0 unspecified atom stereocenters. The first-order valence-corrected chi connectivity index (χ1v) is 5.47. The summed E-state index contributed by atoms with van der Waals surface area (Å²) in [7, 11) is 0. The summed E-state index contributed by atoms with van der Waals surface area (Å²) in [6.07, 6.45) is 5.08. The van der Waals surface area contributed by atoms with Crippen LogP contribution in [0.2, 0.25) is 0 Å². The summed E-state index contributed by atoms with van der Waals surface area (Å²) in [5, 5.41) is 12.1. The molecule has 1 aliphatic carbocycles. The molecule has 0 saturated heterocycles. The molecule has 1 aliphatic rings. The topological polar surface area (TPSA) is 49.3 Å². The highest BCUT2D eigenvalue weighted by Gasteiger charge is 2.20. The highest BCUT2D eigenvalue weighted by atomic mass is 32.2. The zero-order valence-corrected chi connectivity index (χ0v) is 8.06. The molecular weight excluding hydrogens is 174 g/mol. The molecule has 1 fully saturated rings. The minimum atomic E-state index is -0.146. The van der Waals surface area contributed by atoms with Crippen LogP contribution >= 0.6 is 11.8 Å². The van der Waals surface area contributed by atoms with E-state index < -0.39 is 0 Å². The normalized spacial score (nSPS) is 29.8. The van der Waals surface area contributed by atoms with Crippen LogP contribution in [0.1, 0.15) is 25.7 Å². The van der Waals surface area contributed by atoms with Crippen molar-refractivity contribution in [3.8, 4) is 0 Å². The summed E-state index contributed by atoms with van der Waals surface area (Å²) in [6, 6.07) is 0.286. The van der Waals surface area contributed by atoms with Gasteiger partial charge in [0.25, 0.3) is 5.24 Å². The zero-order valence-electron chi connectivity index (χ0n) is 7.25. The van der Waals surface area contributed by atoms with E-state index in [1.54, 1.807) is 6.26 Å². The highest BCUT2D eigenvalue weighted by Crippen LogP contribution is 2.18. The van der Waals surface area contributed by atoms with Gasteiger partial charge in [-0.2, -0.15) is 0 Å². The maximum absolute atomic E-state index is 11.0. The van der Waals surface area contributed by atoms with E-state index in [0.717, 1.165) is 25.7 Å². The van der Waals surface area contributed by atoms with E-state index in [4.69, 9.17) is 0 Å². The van der Waals surface area contributed by atoms with Gasteiger partial charge in [-0.05, 0) is 31.9 Å². The maximum Gasteiger partial charge on any atom is 0.278 e. The lowest BCUT2D eigenvalue weighted by Crippen LogP contribution is -2.36. The number of aliphatic hydroxyl groups is 1. The fourth-order valence-corrected chi connectivity index (χ4v) is 1.73. The molecule has 0 aromatic rings. The average Bonchev–Trinajstić information content (AvgIpc) is 2.09. The van der Waals surface area contributed by atoms with Crippen molar-refractivity contribution in [3.05, 3.63) is 0 Å². The number of hydrogen-bond donors (Lipinski definition) is 2. The quantitative estimate of drug-likeness (QED) is 0.655. The first kappa shape index (κ1) is 9.86. The third-order valence-corrected chi connectivity index (χ3v) is 2.69. The number of thioether (sulfide) groups is 1. The lowest BCUT2D eigenvalue weighted by Gasteiger charge is -2.25. The van der Waals surface area contributed by atoms with E-state index in [1.807, 2.05) is 0 Å². The smallest absolute Gasteiger partial charge is 0.278 e. The van der Waals surface area contributed by atoms with Gasteiger partial charge < -0.3 is 10.4 Å². The third-order valence-electron chi connectivity index (χ3n) is 2.20. The molecule has 1 rings (SSSR count). The van der Waals surface area contributed by atoms with Gasteiger partial charge in [-0.1, -0.05) is 11.8 Å². The standard InChI is InChI=1S/C8H15NO2S/c1-12-8(11)9-6-2-4-7(10)5-3-6/h6-7,10H,2-5H2,1H3,(H,9,11). The Morgan fingerprint density at radius 2 is 2.00 bits per heavy atom. The number of hydrogen-bond acceptors (Lipinski definition) is 3. The number of aliphatic hydroxyl groups excluding tert-OH is 1. The molecule has 0 aromatic heterocycles. The van der Waals surface area contributed by atoms with Gasteiger partial charge in [0.2, 0.25) is 0 Å². The summed E-state index contributed by atoms with van der Waals surface area (Å²) in [6.45, 7) is 0. The molecule has 4 heteroatoms. The molecule has 3 nitrogen and oxygen atoms in total. The lowest BCUT2D eigenvalue weighted by atomic mass is 9.93. The molecule has 0 aromatic carbocycles. The Kier molecular flexibility index (Phi) is 3.88. The van der Waals surface area contributed by atoms with Crippen LogP contribution in [0.5, 0.6) is 0 Å². The number of nitrogens with one attached hydrogen (secondary N) is 1. The van der Waals surface area contributed by atoms with Gasteiger partial charge in [-0.15, -0.1) is 0 Å². The third kappa shape index (κ3) is 3.03. The summed E-state index contributed by atoms with van der Waals surface area (Å²) in [5.74, 6) is 0. The van der Waals surface area contributed by atoms with Crippen LogP contribution in [0.4, 0.5) is 4.79 Å². The molecular formula is C8H15NO2S. The largest absolute Gasteiger partial charge is 0.393 e. The lowest BCUT2D eigenvalue weighted by molar-refractivity contribution is 0.119. The average molecular weight is 189 g/mol. The molecule has 0 bridgehead atoms. The monoisotopic (exact) mass is 189 g/mol. The second-order valence-corrected chi connectivity index (χ2v) is 3.92. The Hall–Kier alpha value is -0.220. The Labute approximate surface area is 76.9 Å². The van der Waals surface area contributed by atoms with Crippen LogP contribution in [0, 0.1) is 0 Å².